The van der Waals surface area contributed by atoms with Crippen molar-refractivity contribution in [2.45, 2.75) is 9.79 Å². The fourth-order valence-electron chi connectivity index (χ4n) is 1.60. The molecule has 0 bridgehead atoms. The Hall–Kier alpha value is -3.33. The number of primary sulfonamides is 1. The molecule has 3 heterocycles. The van der Waals surface area contributed by atoms with Gasteiger partial charge in [-0.3, -0.25) is 19.5 Å². The maximum atomic E-state index is 10.7. The van der Waals surface area contributed by atoms with Gasteiger partial charge in [0, 0.05) is 42.9 Å². The third kappa shape index (κ3) is 8.48. The minimum atomic E-state index is -4.22. The van der Waals surface area contributed by atoms with E-state index in [9.17, 15) is 16.8 Å². The SMILES string of the molecule is Nc1ccncc1.Nc1ccncc1S(=O)(=O)O.Nc1ccncc1S(N)(=O)=O. The lowest BCUT2D eigenvalue weighted by atomic mass is 10.4. The zero-order chi connectivity index (χ0) is 22.1. The van der Waals surface area contributed by atoms with Crippen LogP contribution in [0.2, 0.25) is 0 Å². The molecule has 0 spiro atoms. The zero-order valence-electron chi connectivity index (χ0n) is 14.8. The number of anilines is 3. The lowest BCUT2D eigenvalue weighted by Gasteiger charge is -1.99. The standard InChI is InChI=1S/C5H7N3O2S.C5H6N2O3S.C5H6N2/c6-4-1-2-8-3-5(4)11(7,9)10;6-4-1-2-7-3-5(4)11(8,9)10;6-5-1-3-7-4-2-5/h1-3H,(H2,6,8)(H2,7,9,10);1-3H,(H2,6,7)(H,8,9,10);1-4H,(H2,6,7). The van der Waals surface area contributed by atoms with Gasteiger partial charge in [0.05, 0.1) is 11.4 Å². The molecule has 14 heteroatoms. The summed E-state index contributed by atoms with van der Waals surface area (Å²) in [6.45, 7) is 0. The quantitative estimate of drug-likeness (QED) is 0.329. The average Bonchev–Trinajstić information content (AvgIpc) is 2.62. The third-order valence-corrected chi connectivity index (χ3v) is 4.77. The minimum absolute atomic E-state index is 0.0116. The fraction of sp³-hybridized carbons (Fsp3) is 0. The van der Waals surface area contributed by atoms with Crippen LogP contribution in [0.3, 0.4) is 0 Å². The van der Waals surface area contributed by atoms with Crippen molar-refractivity contribution >= 4 is 37.2 Å². The predicted molar refractivity (Wildman–Crippen MR) is 107 cm³/mol. The molecule has 3 rings (SSSR count). The van der Waals surface area contributed by atoms with E-state index in [2.05, 4.69) is 15.0 Å². The highest BCUT2D eigenvalue weighted by Gasteiger charge is 2.12. The molecule has 0 amide bonds. The summed E-state index contributed by atoms with van der Waals surface area (Å²) in [5, 5.41) is 4.81. The maximum absolute atomic E-state index is 10.7. The number of hydrogen-bond acceptors (Lipinski definition) is 10. The van der Waals surface area contributed by atoms with Crippen LogP contribution < -0.4 is 22.3 Å². The van der Waals surface area contributed by atoms with Gasteiger partial charge in [0.25, 0.3) is 10.1 Å². The second-order valence-corrected chi connectivity index (χ2v) is 8.05. The van der Waals surface area contributed by atoms with E-state index in [1.165, 1.54) is 24.5 Å². The number of aromatic nitrogens is 3. The van der Waals surface area contributed by atoms with Crippen molar-refractivity contribution in [2.75, 3.05) is 17.2 Å². The summed E-state index contributed by atoms with van der Waals surface area (Å²) in [5.41, 5.74) is 16.7. The van der Waals surface area contributed by atoms with E-state index in [0.29, 0.717) is 0 Å². The molecule has 0 aliphatic rings. The first-order valence-corrected chi connectivity index (χ1v) is 10.5. The molecule has 0 aromatic carbocycles. The molecule has 0 fully saturated rings. The molecule has 3 aromatic heterocycles. The summed E-state index contributed by atoms with van der Waals surface area (Å²) < 4.78 is 50.9. The van der Waals surface area contributed by atoms with Gasteiger partial charge >= 0.3 is 0 Å². The summed E-state index contributed by atoms with van der Waals surface area (Å²) in [5.74, 6) is 0. The van der Waals surface area contributed by atoms with E-state index in [1.807, 2.05) is 0 Å². The van der Waals surface area contributed by atoms with Crippen LogP contribution in [0, 0.1) is 0 Å². The van der Waals surface area contributed by atoms with E-state index < -0.39 is 20.1 Å². The number of nitrogens with zero attached hydrogens (tertiary/aromatic N) is 3. The van der Waals surface area contributed by atoms with E-state index in [1.54, 1.807) is 24.5 Å². The van der Waals surface area contributed by atoms with Crippen LogP contribution in [0.25, 0.3) is 0 Å². The summed E-state index contributed by atoms with van der Waals surface area (Å²) in [6.07, 6.45) is 8.16. The molecule has 0 saturated carbocycles. The first-order valence-electron chi connectivity index (χ1n) is 7.47. The Labute approximate surface area is 167 Å². The van der Waals surface area contributed by atoms with Crippen molar-refractivity contribution in [1.82, 2.24) is 15.0 Å². The van der Waals surface area contributed by atoms with Gasteiger partial charge < -0.3 is 17.2 Å². The highest BCUT2D eigenvalue weighted by atomic mass is 32.2. The number of nitrogen functional groups attached to an aromatic ring is 3. The molecule has 12 nitrogen and oxygen atoms in total. The van der Waals surface area contributed by atoms with Gasteiger partial charge in [0.2, 0.25) is 10.0 Å². The average molecular weight is 441 g/mol. The van der Waals surface area contributed by atoms with E-state index in [4.69, 9.17) is 26.9 Å². The summed E-state index contributed by atoms with van der Waals surface area (Å²) in [4.78, 5) is 10.3. The zero-order valence-corrected chi connectivity index (χ0v) is 16.5. The van der Waals surface area contributed by atoms with Crippen molar-refractivity contribution in [1.29, 1.82) is 0 Å². The Bertz CT molecular complexity index is 1070. The molecule has 0 aliphatic heterocycles. The van der Waals surface area contributed by atoms with Crippen LogP contribution in [0.1, 0.15) is 0 Å². The van der Waals surface area contributed by atoms with Gasteiger partial charge in [0.1, 0.15) is 9.79 Å². The second kappa shape index (κ2) is 10.3. The predicted octanol–water partition coefficient (Wildman–Crippen LogP) is -0.114. The number of pyridine rings is 3. The number of hydrogen-bond donors (Lipinski definition) is 5. The van der Waals surface area contributed by atoms with E-state index >= 15 is 0 Å². The largest absolute Gasteiger partial charge is 0.399 e. The van der Waals surface area contributed by atoms with Crippen LogP contribution >= 0.6 is 0 Å². The molecule has 29 heavy (non-hydrogen) atoms. The van der Waals surface area contributed by atoms with Crippen molar-refractivity contribution in [2.24, 2.45) is 5.14 Å². The lowest BCUT2D eigenvalue weighted by Crippen LogP contribution is -2.14. The van der Waals surface area contributed by atoms with Crippen molar-refractivity contribution in [3.05, 3.63) is 61.4 Å². The topological polar surface area (TPSA) is 231 Å². The molecule has 0 atom stereocenters. The van der Waals surface area contributed by atoms with Crippen LogP contribution in [0.15, 0.2) is 71.2 Å². The molecular weight excluding hydrogens is 422 g/mol. The Morgan fingerprint density at radius 2 is 1.10 bits per heavy atom. The number of rotatable bonds is 2. The van der Waals surface area contributed by atoms with Gasteiger partial charge in [-0.25, -0.2) is 13.6 Å². The van der Waals surface area contributed by atoms with E-state index in [-0.39, 0.29) is 21.2 Å². The lowest BCUT2D eigenvalue weighted by molar-refractivity contribution is 0.483. The molecule has 0 radical (unpaired) electrons. The smallest absolute Gasteiger partial charge is 0.298 e. The van der Waals surface area contributed by atoms with Crippen molar-refractivity contribution < 1.29 is 21.4 Å². The van der Waals surface area contributed by atoms with Crippen LogP contribution in [0.4, 0.5) is 17.1 Å². The molecule has 9 N–H and O–H groups in total. The third-order valence-electron chi connectivity index (χ3n) is 2.92. The Balaban J connectivity index is 0.000000223. The normalized spacial score (nSPS) is 10.7. The van der Waals surface area contributed by atoms with Gasteiger partial charge in [0.15, 0.2) is 0 Å². The number of nitrogens with two attached hydrogens (primary N) is 4. The molecule has 0 unspecified atom stereocenters. The molecule has 0 saturated heterocycles. The van der Waals surface area contributed by atoms with Crippen LogP contribution in [0.5, 0.6) is 0 Å². The first kappa shape index (κ1) is 23.7. The van der Waals surface area contributed by atoms with Crippen LogP contribution in [-0.2, 0) is 20.1 Å². The van der Waals surface area contributed by atoms with Gasteiger partial charge in [-0.05, 0) is 24.3 Å². The molecular formula is C15H19N7O5S2. The highest BCUT2D eigenvalue weighted by molar-refractivity contribution is 7.89. The number of sulfonamides is 1. The summed E-state index contributed by atoms with van der Waals surface area (Å²) in [7, 11) is -7.94. The van der Waals surface area contributed by atoms with E-state index in [0.717, 1.165) is 18.1 Å². The van der Waals surface area contributed by atoms with Crippen molar-refractivity contribution in [3.8, 4) is 0 Å². The Morgan fingerprint density at radius 1 is 0.690 bits per heavy atom. The van der Waals surface area contributed by atoms with Gasteiger partial charge in [-0.15, -0.1) is 0 Å². The van der Waals surface area contributed by atoms with Gasteiger partial charge in [-0.1, -0.05) is 0 Å². The minimum Gasteiger partial charge on any atom is -0.399 e. The summed E-state index contributed by atoms with van der Waals surface area (Å²) in [6, 6.07) is 6.17. The Morgan fingerprint density at radius 3 is 1.34 bits per heavy atom. The Kier molecular flexibility index (Phi) is 8.40. The fourth-order valence-corrected chi connectivity index (χ4v) is 2.76. The van der Waals surface area contributed by atoms with Crippen molar-refractivity contribution in [3.63, 3.8) is 0 Å². The molecule has 156 valence electrons. The second-order valence-electron chi connectivity index (χ2n) is 5.13. The maximum Gasteiger partial charge on any atom is 0.298 e. The highest BCUT2D eigenvalue weighted by Crippen LogP contribution is 2.14. The van der Waals surface area contributed by atoms with Gasteiger partial charge in [-0.2, -0.15) is 8.42 Å². The molecule has 3 aromatic rings. The summed E-state index contributed by atoms with van der Waals surface area (Å²) >= 11 is 0. The van der Waals surface area contributed by atoms with Crippen LogP contribution in [-0.4, -0.2) is 36.3 Å². The first-order chi connectivity index (χ1) is 13.4. The molecule has 0 aliphatic carbocycles. The monoisotopic (exact) mass is 441 g/mol.